The molecule has 0 aromatic heterocycles. The van der Waals surface area contributed by atoms with E-state index in [4.69, 9.17) is 4.74 Å². The highest BCUT2D eigenvalue weighted by molar-refractivity contribution is 5.97. The highest BCUT2D eigenvalue weighted by Crippen LogP contribution is 2.28. The van der Waals surface area contributed by atoms with Crippen LogP contribution >= 0.6 is 0 Å². The van der Waals surface area contributed by atoms with Crippen LogP contribution in [-0.2, 0) is 9.53 Å². The first kappa shape index (κ1) is 8.75. The van der Waals surface area contributed by atoms with Gasteiger partial charge >= 0.3 is 0 Å². The molecule has 0 saturated carbocycles. The number of hydrogen-bond donors (Lipinski definition) is 1. The fourth-order valence-corrected chi connectivity index (χ4v) is 2.14. The first-order valence-corrected chi connectivity index (χ1v) is 4.86. The van der Waals surface area contributed by atoms with E-state index >= 15 is 0 Å². The summed E-state index contributed by atoms with van der Waals surface area (Å²) in [4.78, 5) is 11.6. The van der Waals surface area contributed by atoms with Crippen LogP contribution in [0.5, 0.6) is 0 Å². The van der Waals surface area contributed by atoms with Gasteiger partial charge < -0.3 is 10.1 Å². The lowest BCUT2D eigenvalue weighted by atomic mass is 9.90. The standard InChI is InChI=1S/C10H15NO2/c1-6-10-8(11-7(2)13-6)4-3-5-9(10)12/h6-7,11H,3-5H2,1-2H3. The predicted octanol–water partition coefficient (Wildman–Crippen LogP) is 1.35. The van der Waals surface area contributed by atoms with Gasteiger partial charge in [0.25, 0.3) is 0 Å². The molecule has 0 saturated heterocycles. The average molecular weight is 181 g/mol. The van der Waals surface area contributed by atoms with Crippen molar-refractivity contribution in [1.82, 2.24) is 5.32 Å². The Morgan fingerprint density at radius 1 is 1.38 bits per heavy atom. The Kier molecular flexibility index (Phi) is 2.12. The molecule has 1 heterocycles. The van der Waals surface area contributed by atoms with Gasteiger partial charge in [0.15, 0.2) is 5.78 Å². The summed E-state index contributed by atoms with van der Waals surface area (Å²) < 4.78 is 5.54. The van der Waals surface area contributed by atoms with Crippen LogP contribution in [0.25, 0.3) is 0 Å². The minimum absolute atomic E-state index is 0.0287. The Hall–Kier alpha value is -0.830. The number of allylic oxidation sites excluding steroid dienone is 1. The number of ketones is 1. The zero-order valence-electron chi connectivity index (χ0n) is 8.09. The van der Waals surface area contributed by atoms with Gasteiger partial charge in [-0.05, 0) is 26.7 Å². The number of Topliss-reactive ketones (excluding diaryl/α,β-unsaturated/α-hetero) is 1. The van der Waals surface area contributed by atoms with Crippen molar-refractivity contribution in [2.24, 2.45) is 0 Å². The minimum Gasteiger partial charge on any atom is -0.363 e. The van der Waals surface area contributed by atoms with Crippen LogP contribution in [-0.4, -0.2) is 18.1 Å². The summed E-state index contributed by atoms with van der Waals surface area (Å²) in [6.45, 7) is 3.93. The van der Waals surface area contributed by atoms with Gasteiger partial charge in [-0.15, -0.1) is 0 Å². The molecule has 13 heavy (non-hydrogen) atoms. The van der Waals surface area contributed by atoms with Crippen molar-refractivity contribution in [3.63, 3.8) is 0 Å². The van der Waals surface area contributed by atoms with Crippen molar-refractivity contribution >= 4 is 5.78 Å². The summed E-state index contributed by atoms with van der Waals surface area (Å²) in [5.74, 6) is 0.258. The molecule has 3 heteroatoms. The molecule has 2 rings (SSSR count). The van der Waals surface area contributed by atoms with Gasteiger partial charge in [0.2, 0.25) is 0 Å². The molecule has 0 bridgehead atoms. The summed E-state index contributed by atoms with van der Waals surface area (Å²) in [5, 5.41) is 3.22. The molecular weight excluding hydrogens is 166 g/mol. The Morgan fingerprint density at radius 2 is 2.15 bits per heavy atom. The first-order valence-electron chi connectivity index (χ1n) is 4.86. The van der Waals surface area contributed by atoms with Crippen LogP contribution in [0.3, 0.4) is 0 Å². The van der Waals surface area contributed by atoms with Gasteiger partial charge in [0.1, 0.15) is 6.23 Å². The first-order chi connectivity index (χ1) is 6.18. The van der Waals surface area contributed by atoms with Gasteiger partial charge in [0.05, 0.1) is 6.10 Å². The summed E-state index contributed by atoms with van der Waals surface area (Å²) in [6, 6.07) is 0. The van der Waals surface area contributed by atoms with Crippen LogP contribution in [0.4, 0.5) is 0 Å². The molecule has 2 atom stereocenters. The molecule has 1 aliphatic heterocycles. The highest BCUT2D eigenvalue weighted by atomic mass is 16.5. The molecule has 2 aliphatic rings. The van der Waals surface area contributed by atoms with Crippen molar-refractivity contribution in [3.05, 3.63) is 11.3 Å². The van der Waals surface area contributed by atoms with E-state index in [2.05, 4.69) is 5.32 Å². The van der Waals surface area contributed by atoms with Crippen molar-refractivity contribution in [2.75, 3.05) is 0 Å². The van der Waals surface area contributed by atoms with E-state index in [1.165, 1.54) is 0 Å². The minimum atomic E-state index is -0.0287. The third-order valence-corrected chi connectivity index (χ3v) is 2.65. The molecule has 1 aliphatic carbocycles. The molecule has 0 fully saturated rings. The lowest BCUT2D eigenvalue weighted by molar-refractivity contribution is -0.119. The molecule has 0 spiro atoms. The number of hydrogen-bond acceptors (Lipinski definition) is 3. The van der Waals surface area contributed by atoms with Gasteiger partial charge in [0, 0.05) is 17.7 Å². The smallest absolute Gasteiger partial charge is 0.163 e. The van der Waals surface area contributed by atoms with E-state index in [-0.39, 0.29) is 18.1 Å². The summed E-state index contributed by atoms with van der Waals surface area (Å²) in [7, 11) is 0. The number of nitrogens with one attached hydrogen (secondary N) is 1. The largest absolute Gasteiger partial charge is 0.363 e. The van der Waals surface area contributed by atoms with E-state index in [1.54, 1.807) is 0 Å². The molecule has 3 nitrogen and oxygen atoms in total. The Morgan fingerprint density at radius 3 is 2.92 bits per heavy atom. The average Bonchev–Trinajstić information content (AvgIpc) is 2.02. The second-order valence-electron chi connectivity index (χ2n) is 3.73. The maximum absolute atomic E-state index is 11.6. The maximum atomic E-state index is 11.6. The molecule has 0 radical (unpaired) electrons. The summed E-state index contributed by atoms with van der Waals surface area (Å²) in [5.41, 5.74) is 1.99. The summed E-state index contributed by atoms with van der Waals surface area (Å²) >= 11 is 0. The van der Waals surface area contributed by atoms with Gasteiger partial charge in [-0.25, -0.2) is 0 Å². The van der Waals surface area contributed by atoms with Gasteiger partial charge in [-0.2, -0.15) is 0 Å². The molecular formula is C10H15NO2. The molecule has 72 valence electrons. The monoisotopic (exact) mass is 181 g/mol. The van der Waals surface area contributed by atoms with E-state index in [0.717, 1.165) is 24.1 Å². The summed E-state index contributed by atoms with van der Waals surface area (Å²) in [6.07, 6.45) is 2.67. The third kappa shape index (κ3) is 1.48. The van der Waals surface area contributed by atoms with Gasteiger partial charge in [-0.1, -0.05) is 0 Å². The van der Waals surface area contributed by atoms with E-state index in [9.17, 15) is 4.79 Å². The Balaban J connectivity index is 2.32. The van der Waals surface area contributed by atoms with E-state index in [0.29, 0.717) is 6.42 Å². The van der Waals surface area contributed by atoms with E-state index < -0.39 is 0 Å². The molecule has 1 N–H and O–H groups in total. The zero-order valence-corrected chi connectivity index (χ0v) is 8.09. The SMILES string of the molecule is CC1NC2=C(C(=O)CCC2)C(C)O1. The molecule has 0 aromatic carbocycles. The van der Waals surface area contributed by atoms with Crippen LogP contribution in [0, 0.1) is 0 Å². The Bertz CT molecular complexity index is 270. The number of carbonyl (C=O) groups excluding carboxylic acids is 1. The number of rotatable bonds is 0. The molecule has 0 aromatic rings. The predicted molar refractivity (Wildman–Crippen MR) is 49.0 cm³/mol. The maximum Gasteiger partial charge on any atom is 0.163 e. The lowest BCUT2D eigenvalue weighted by Crippen LogP contribution is -2.42. The normalized spacial score (nSPS) is 34.2. The fraction of sp³-hybridized carbons (Fsp3) is 0.700. The zero-order chi connectivity index (χ0) is 9.42. The Labute approximate surface area is 78.1 Å². The number of carbonyl (C=O) groups is 1. The van der Waals surface area contributed by atoms with Gasteiger partial charge in [-0.3, -0.25) is 4.79 Å². The second-order valence-corrected chi connectivity index (χ2v) is 3.73. The fourth-order valence-electron chi connectivity index (χ4n) is 2.14. The van der Waals surface area contributed by atoms with Crippen LogP contribution in [0.15, 0.2) is 11.3 Å². The number of ether oxygens (including phenoxy) is 1. The van der Waals surface area contributed by atoms with Crippen molar-refractivity contribution in [3.8, 4) is 0 Å². The lowest BCUT2D eigenvalue weighted by Gasteiger charge is -2.34. The third-order valence-electron chi connectivity index (χ3n) is 2.65. The topological polar surface area (TPSA) is 38.3 Å². The van der Waals surface area contributed by atoms with Crippen molar-refractivity contribution in [2.45, 2.75) is 45.4 Å². The quantitative estimate of drug-likeness (QED) is 0.613. The molecule has 2 unspecified atom stereocenters. The van der Waals surface area contributed by atoms with E-state index in [1.807, 2.05) is 13.8 Å². The molecule has 0 amide bonds. The highest BCUT2D eigenvalue weighted by Gasteiger charge is 2.30. The van der Waals surface area contributed by atoms with Crippen LogP contribution in [0.1, 0.15) is 33.1 Å². The second kappa shape index (κ2) is 3.14. The van der Waals surface area contributed by atoms with Crippen LogP contribution in [0.2, 0.25) is 0 Å². The van der Waals surface area contributed by atoms with Crippen molar-refractivity contribution in [1.29, 1.82) is 0 Å². The van der Waals surface area contributed by atoms with Crippen LogP contribution < -0.4 is 5.32 Å². The van der Waals surface area contributed by atoms with Crippen molar-refractivity contribution < 1.29 is 9.53 Å².